The number of rotatable bonds is 4. The molecule has 0 fully saturated rings. The Labute approximate surface area is 111 Å². The van der Waals surface area contributed by atoms with Crippen LogP contribution in [0.15, 0.2) is 35.1 Å². The van der Waals surface area contributed by atoms with Gasteiger partial charge in [0.15, 0.2) is 0 Å². The van der Waals surface area contributed by atoms with Crippen molar-refractivity contribution in [3.05, 3.63) is 57.5 Å². The first kappa shape index (κ1) is 12.0. The van der Waals surface area contributed by atoms with Gasteiger partial charge in [-0.05, 0) is 31.2 Å². The molecule has 0 atom stereocenters. The highest BCUT2D eigenvalue weighted by molar-refractivity contribution is 5.32. The lowest BCUT2D eigenvalue weighted by atomic mass is 10.1. The largest absolute Gasteiger partial charge is 0.355 e. The third-order valence-electron chi connectivity index (χ3n) is 3.49. The molecule has 0 saturated heterocycles. The average molecular weight is 255 g/mol. The number of aromatic amines is 1. The molecule has 0 spiro atoms. The summed E-state index contributed by atoms with van der Waals surface area (Å²) in [5.41, 5.74) is 3.13. The predicted molar refractivity (Wildman–Crippen MR) is 75.5 cm³/mol. The smallest absolute Gasteiger partial charge is 0.255 e. The monoisotopic (exact) mass is 255 g/mol. The maximum atomic E-state index is 11.8. The molecule has 0 bridgehead atoms. The second-order valence-electron chi connectivity index (χ2n) is 4.86. The fourth-order valence-electron chi connectivity index (χ4n) is 2.50. The van der Waals surface area contributed by atoms with Crippen LogP contribution >= 0.6 is 0 Å². The molecule has 19 heavy (non-hydrogen) atoms. The molecule has 0 unspecified atom stereocenters. The van der Waals surface area contributed by atoms with Gasteiger partial charge in [0.25, 0.3) is 5.56 Å². The summed E-state index contributed by atoms with van der Waals surface area (Å²) < 4.78 is 0. The van der Waals surface area contributed by atoms with Gasteiger partial charge >= 0.3 is 0 Å². The van der Waals surface area contributed by atoms with E-state index in [1.54, 1.807) is 0 Å². The highest BCUT2D eigenvalue weighted by atomic mass is 16.1. The molecule has 1 aromatic heterocycles. The van der Waals surface area contributed by atoms with Crippen LogP contribution in [0, 0.1) is 0 Å². The van der Waals surface area contributed by atoms with E-state index in [9.17, 15) is 4.79 Å². The van der Waals surface area contributed by atoms with E-state index in [1.807, 2.05) is 18.2 Å². The molecule has 1 aliphatic carbocycles. The van der Waals surface area contributed by atoms with Crippen LogP contribution in [0.5, 0.6) is 0 Å². The van der Waals surface area contributed by atoms with Crippen LogP contribution in [-0.4, -0.2) is 16.5 Å². The Morgan fingerprint density at radius 1 is 1.21 bits per heavy atom. The van der Waals surface area contributed by atoms with Crippen molar-refractivity contribution in [1.29, 1.82) is 0 Å². The molecular formula is C15H17N3O. The predicted octanol–water partition coefficient (Wildman–Crippen LogP) is 1.91. The summed E-state index contributed by atoms with van der Waals surface area (Å²) in [5, 5.41) is 3.20. The number of anilines is 1. The summed E-state index contributed by atoms with van der Waals surface area (Å²) in [7, 11) is 0. The van der Waals surface area contributed by atoms with E-state index in [1.165, 1.54) is 5.56 Å². The summed E-state index contributed by atoms with van der Waals surface area (Å²) >= 11 is 0. The van der Waals surface area contributed by atoms with E-state index in [2.05, 4.69) is 27.4 Å². The fraction of sp³-hybridized carbons (Fsp3) is 0.333. The average Bonchev–Trinajstić information content (AvgIpc) is 2.89. The summed E-state index contributed by atoms with van der Waals surface area (Å²) in [5.74, 6) is 0.599. The first-order valence-electron chi connectivity index (χ1n) is 6.73. The van der Waals surface area contributed by atoms with Gasteiger partial charge in [0.1, 0.15) is 0 Å². The molecule has 3 rings (SSSR count). The lowest BCUT2D eigenvalue weighted by Crippen LogP contribution is -2.18. The molecule has 1 aromatic carbocycles. The molecule has 2 aromatic rings. The number of aromatic nitrogens is 2. The van der Waals surface area contributed by atoms with Crippen molar-refractivity contribution in [2.45, 2.75) is 25.7 Å². The SMILES string of the molecule is O=c1[nH]c(NCCc2ccccc2)nc2c1CCC2. The van der Waals surface area contributed by atoms with E-state index in [0.717, 1.165) is 43.5 Å². The van der Waals surface area contributed by atoms with Gasteiger partial charge in [0, 0.05) is 12.1 Å². The van der Waals surface area contributed by atoms with Crippen molar-refractivity contribution in [3.8, 4) is 0 Å². The van der Waals surface area contributed by atoms with Gasteiger partial charge in [-0.3, -0.25) is 9.78 Å². The highest BCUT2D eigenvalue weighted by Gasteiger charge is 2.16. The second-order valence-corrected chi connectivity index (χ2v) is 4.86. The normalized spacial score (nSPS) is 13.3. The van der Waals surface area contributed by atoms with Crippen molar-refractivity contribution >= 4 is 5.95 Å². The van der Waals surface area contributed by atoms with Crippen LogP contribution in [-0.2, 0) is 19.3 Å². The number of hydrogen-bond acceptors (Lipinski definition) is 3. The number of fused-ring (bicyclic) bond motifs is 1. The fourth-order valence-corrected chi connectivity index (χ4v) is 2.50. The Morgan fingerprint density at radius 3 is 2.89 bits per heavy atom. The molecule has 0 saturated carbocycles. The number of nitrogens with zero attached hydrogens (tertiary/aromatic N) is 1. The maximum Gasteiger partial charge on any atom is 0.255 e. The standard InChI is InChI=1S/C15H17N3O/c19-14-12-7-4-8-13(12)17-15(18-14)16-10-9-11-5-2-1-3-6-11/h1-3,5-6H,4,7-10H2,(H2,16,17,18,19). The van der Waals surface area contributed by atoms with Crippen LogP contribution in [0.3, 0.4) is 0 Å². The number of aryl methyl sites for hydroxylation is 1. The van der Waals surface area contributed by atoms with Gasteiger partial charge in [-0.25, -0.2) is 4.98 Å². The zero-order valence-electron chi connectivity index (χ0n) is 10.8. The molecular weight excluding hydrogens is 238 g/mol. The van der Waals surface area contributed by atoms with Gasteiger partial charge < -0.3 is 5.32 Å². The van der Waals surface area contributed by atoms with E-state index in [4.69, 9.17) is 0 Å². The van der Waals surface area contributed by atoms with Crippen molar-refractivity contribution < 1.29 is 0 Å². The number of nitrogens with one attached hydrogen (secondary N) is 2. The van der Waals surface area contributed by atoms with Crippen LogP contribution in [0.25, 0.3) is 0 Å². The summed E-state index contributed by atoms with van der Waals surface area (Å²) in [6.45, 7) is 0.770. The van der Waals surface area contributed by atoms with Crippen LogP contribution in [0.4, 0.5) is 5.95 Å². The molecule has 0 radical (unpaired) electrons. The van der Waals surface area contributed by atoms with Crippen molar-refractivity contribution in [2.24, 2.45) is 0 Å². The Kier molecular flexibility index (Phi) is 3.31. The quantitative estimate of drug-likeness (QED) is 0.877. The molecule has 0 aliphatic heterocycles. The zero-order chi connectivity index (χ0) is 13.1. The number of benzene rings is 1. The first-order valence-corrected chi connectivity index (χ1v) is 6.73. The van der Waals surface area contributed by atoms with E-state index in [0.29, 0.717) is 5.95 Å². The summed E-state index contributed by atoms with van der Waals surface area (Å²) in [6, 6.07) is 10.3. The lowest BCUT2D eigenvalue weighted by Gasteiger charge is -2.07. The van der Waals surface area contributed by atoms with E-state index in [-0.39, 0.29) is 5.56 Å². The summed E-state index contributed by atoms with van der Waals surface area (Å²) in [4.78, 5) is 19.1. The minimum Gasteiger partial charge on any atom is -0.355 e. The van der Waals surface area contributed by atoms with Crippen molar-refractivity contribution in [2.75, 3.05) is 11.9 Å². The Hall–Kier alpha value is -2.10. The van der Waals surface area contributed by atoms with Gasteiger partial charge in [-0.2, -0.15) is 0 Å². The number of hydrogen-bond donors (Lipinski definition) is 2. The first-order chi connectivity index (χ1) is 9.33. The van der Waals surface area contributed by atoms with Gasteiger partial charge in [0.05, 0.1) is 5.69 Å². The van der Waals surface area contributed by atoms with Crippen LogP contribution in [0.1, 0.15) is 23.2 Å². The van der Waals surface area contributed by atoms with Crippen molar-refractivity contribution in [3.63, 3.8) is 0 Å². The van der Waals surface area contributed by atoms with Crippen molar-refractivity contribution in [1.82, 2.24) is 9.97 Å². The van der Waals surface area contributed by atoms with Gasteiger partial charge in [-0.1, -0.05) is 30.3 Å². The topological polar surface area (TPSA) is 57.8 Å². The molecule has 1 heterocycles. The Balaban J connectivity index is 1.65. The van der Waals surface area contributed by atoms with Crippen LogP contribution < -0.4 is 10.9 Å². The third-order valence-corrected chi connectivity index (χ3v) is 3.49. The highest BCUT2D eigenvalue weighted by Crippen LogP contribution is 2.16. The second kappa shape index (κ2) is 5.26. The molecule has 2 N–H and O–H groups in total. The molecule has 1 aliphatic rings. The van der Waals surface area contributed by atoms with Gasteiger partial charge in [-0.15, -0.1) is 0 Å². The molecule has 4 nitrogen and oxygen atoms in total. The molecule has 98 valence electrons. The number of H-pyrrole nitrogens is 1. The maximum absolute atomic E-state index is 11.8. The zero-order valence-corrected chi connectivity index (χ0v) is 10.8. The molecule has 4 heteroatoms. The van der Waals surface area contributed by atoms with E-state index >= 15 is 0 Å². The minimum absolute atomic E-state index is 0.0183. The Morgan fingerprint density at radius 2 is 2.05 bits per heavy atom. The minimum atomic E-state index is 0.0183. The van der Waals surface area contributed by atoms with Gasteiger partial charge in [0.2, 0.25) is 5.95 Å². The van der Waals surface area contributed by atoms with E-state index < -0.39 is 0 Å². The Bertz CT molecular complexity index is 619. The lowest BCUT2D eigenvalue weighted by molar-refractivity contribution is 0.897. The van der Waals surface area contributed by atoms with Crippen LogP contribution in [0.2, 0.25) is 0 Å². The summed E-state index contributed by atoms with van der Waals surface area (Å²) in [6.07, 6.45) is 3.75. The molecule has 0 amide bonds. The third kappa shape index (κ3) is 2.67.